The van der Waals surface area contributed by atoms with Crippen LogP contribution in [0.4, 0.5) is 0 Å². The first-order valence-electron chi connectivity index (χ1n) is 19.4. The van der Waals surface area contributed by atoms with Crippen LogP contribution in [0.2, 0.25) is 0 Å². The number of aromatic nitrogens is 8. The monoisotopic (exact) mass is 800 g/mol. The zero-order valence-electron chi connectivity index (χ0n) is 32.1. The summed E-state index contributed by atoms with van der Waals surface area (Å²) in [5.41, 5.74) is 5.52. The molecule has 284 valence electrons. The molecule has 4 heterocycles. The van der Waals surface area contributed by atoms with E-state index in [4.69, 9.17) is 0 Å². The summed E-state index contributed by atoms with van der Waals surface area (Å²) in [5, 5.41) is 47.6. The molecule has 4 atom stereocenters. The van der Waals surface area contributed by atoms with Gasteiger partial charge in [0.05, 0.1) is 69.5 Å². The number of hydrogen-bond donors (Lipinski definition) is 3. The number of aromatic amines is 1. The smallest absolute Gasteiger partial charge is 0.103 e. The fraction of sp³-hybridized carbons (Fsp3) is 0.476. The molecule has 0 bridgehead atoms. The van der Waals surface area contributed by atoms with Gasteiger partial charge in [-0.1, -0.05) is 37.1 Å². The second-order valence-electron chi connectivity index (χ2n) is 16.2. The second kappa shape index (κ2) is 14.4. The van der Waals surface area contributed by atoms with E-state index in [2.05, 4.69) is 115 Å². The molecule has 11 rings (SSSR count). The van der Waals surface area contributed by atoms with Gasteiger partial charge in [0, 0.05) is 43.1 Å². The third-order valence-electron chi connectivity index (χ3n) is 13.0. The van der Waals surface area contributed by atoms with Gasteiger partial charge in [-0.05, 0) is 115 Å². The zero-order chi connectivity index (χ0) is 38.4. The van der Waals surface area contributed by atoms with Crippen LogP contribution >= 0.6 is 15.9 Å². The van der Waals surface area contributed by atoms with E-state index in [0.29, 0.717) is 17.5 Å². The standard InChI is InChI=1S/C17H15N5.C13H11N3.C8H18N2.C4H5BrN2/c1-21-9-14(8-19-21)22-15-6-13(3-2-12(15)7-20-22)17(11-18)10-16(17)4-5-16;14-8-13(7-12(13)3-4-12)10-2-1-9-6-15-16-11(9)5-10;1-9-7-5-3-4-6-8(7)10-2;1-7-3-4(5)2-6-7/h2-3,6-9H,4-5,10H2,1H3;1-2,5-6H,3-4,7H2,(H,15,16);7-10H,3-6H2,1-2H3;2-3H,1H3/t;;7-,8-;/m..1./s1. The summed E-state index contributed by atoms with van der Waals surface area (Å²) in [7, 11) is 7.89. The highest BCUT2D eigenvalue weighted by Crippen LogP contribution is 2.79. The largest absolute Gasteiger partial charge is 0.315 e. The minimum atomic E-state index is -0.259. The van der Waals surface area contributed by atoms with Gasteiger partial charge in [0.2, 0.25) is 0 Å². The van der Waals surface area contributed by atoms with Crippen LogP contribution in [0.3, 0.4) is 0 Å². The Bertz CT molecular complexity index is 2370. The first-order valence-corrected chi connectivity index (χ1v) is 20.2. The average Bonchev–Trinajstić information content (AvgIpc) is 4.19. The van der Waals surface area contributed by atoms with Crippen molar-refractivity contribution in [3.05, 3.63) is 89.2 Å². The third-order valence-corrected chi connectivity index (χ3v) is 13.4. The van der Waals surface area contributed by atoms with Gasteiger partial charge >= 0.3 is 0 Å². The van der Waals surface area contributed by atoms with E-state index in [9.17, 15) is 10.5 Å². The van der Waals surface area contributed by atoms with Gasteiger partial charge in [0.15, 0.2) is 0 Å². The summed E-state index contributed by atoms with van der Waals surface area (Å²) in [6, 6.07) is 19.1. The number of likely N-dealkylation sites (N-methyl/N-ethyl adjacent to an activating group) is 2. The quantitative estimate of drug-likeness (QED) is 0.167. The molecule has 6 aromatic rings. The van der Waals surface area contributed by atoms with Crippen LogP contribution in [0.5, 0.6) is 0 Å². The SMILES string of the molecule is CN[C@@H]1CCCC[C@H]1NC.Cn1cc(-n2ncc3ccc(C4(C#N)CC45CC5)cc32)cn1.Cn1cc(Br)cn1.N#CC1(c2ccc3cn[nH]c3c2)CC12CC2. The van der Waals surface area contributed by atoms with Crippen LogP contribution in [0.1, 0.15) is 75.3 Å². The molecule has 5 fully saturated rings. The van der Waals surface area contributed by atoms with Crippen molar-refractivity contribution in [1.82, 2.24) is 50.2 Å². The summed E-state index contributed by atoms with van der Waals surface area (Å²) in [4.78, 5) is 0. The first kappa shape index (κ1) is 37.1. The van der Waals surface area contributed by atoms with E-state index >= 15 is 0 Å². The van der Waals surface area contributed by atoms with Gasteiger partial charge in [0.25, 0.3) is 0 Å². The fourth-order valence-electron chi connectivity index (χ4n) is 9.12. The maximum Gasteiger partial charge on any atom is 0.103 e. The zero-order valence-corrected chi connectivity index (χ0v) is 33.6. The number of halogens is 1. The molecule has 2 spiro atoms. The van der Waals surface area contributed by atoms with Crippen molar-refractivity contribution in [3.63, 3.8) is 0 Å². The average molecular weight is 802 g/mol. The fourth-order valence-corrected chi connectivity index (χ4v) is 9.51. The van der Waals surface area contributed by atoms with Gasteiger partial charge in [-0.15, -0.1) is 0 Å². The summed E-state index contributed by atoms with van der Waals surface area (Å²) < 4.78 is 6.43. The maximum absolute atomic E-state index is 9.71. The van der Waals surface area contributed by atoms with Crippen molar-refractivity contribution in [2.75, 3.05) is 14.1 Å². The predicted octanol–water partition coefficient (Wildman–Crippen LogP) is 7.13. The molecule has 2 unspecified atom stereocenters. The third kappa shape index (κ3) is 6.77. The molecule has 0 saturated heterocycles. The highest BCUT2D eigenvalue weighted by Gasteiger charge is 2.76. The lowest BCUT2D eigenvalue weighted by atomic mass is 9.91. The van der Waals surface area contributed by atoms with E-state index < -0.39 is 0 Å². The predicted molar refractivity (Wildman–Crippen MR) is 216 cm³/mol. The van der Waals surface area contributed by atoms with Crippen molar-refractivity contribution in [3.8, 4) is 17.8 Å². The number of benzene rings is 2. The minimum Gasteiger partial charge on any atom is -0.315 e. The molecule has 5 aliphatic carbocycles. The number of fused-ring (bicyclic) bond motifs is 2. The number of rotatable bonds is 5. The van der Waals surface area contributed by atoms with Crippen molar-refractivity contribution in [2.24, 2.45) is 24.9 Å². The molecule has 55 heavy (non-hydrogen) atoms. The second-order valence-corrected chi connectivity index (χ2v) is 17.1. The topological polar surface area (TPSA) is 154 Å². The molecule has 0 amide bonds. The number of nitriles is 2. The van der Waals surface area contributed by atoms with Gasteiger partial charge in [-0.25, -0.2) is 4.68 Å². The molecule has 0 aliphatic heterocycles. The lowest BCUT2D eigenvalue weighted by Gasteiger charge is -2.30. The Labute approximate surface area is 330 Å². The van der Waals surface area contributed by atoms with Crippen LogP contribution in [-0.2, 0) is 24.9 Å². The van der Waals surface area contributed by atoms with Crippen molar-refractivity contribution < 1.29 is 0 Å². The van der Waals surface area contributed by atoms with E-state index in [1.807, 2.05) is 43.6 Å². The first-order chi connectivity index (χ1) is 26.6. The van der Waals surface area contributed by atoms with Gasteiger partial charge < -0.3 is 10.6 Å². The Morgan fingerprint density at radius 3 is 1.80 bits per heavy atom. The van der Waals surface area contributed by atoms with E-state index in [1.165, 1.54) is 56.9 Å². The van der Waals surface area contributed by atoms with Crippen LogP contribution in [0, 0.1) is 33.5 Å². The molecular formula is C42H49BrN12. The number of nitrogens with zero attached hydrogens (tertiary/aromatic N) is 9. The van der Waals surface area contributed by atoms with Crippen LogP contribution in [0.15, 0.2) is 78.1 Å². The minimum absolute atomic E-state index is 0.188. The molecule has 4 aromatic heterocycles. The Morgan fingerprint density at radius 2 is 1.33 bits per heavy atom. The Hall–Kier alpha value is -4.82. The summed E-state index contributed by atoms with van der Waals surface area (Å²) in [6.45, 7) is 0. The van der Waals surface area contributed by atoms with Crippen LogP contribution in [-0.4, -0.2) is 65.7 Å². The molecule has 0 radical (unpaired) electrons. The highest BCUT2D eigenvalue weighted by atomic mass is 79.9. The van der Waals surface area contributed by atoms with Crippen molar-refractivity contribution >= 4 is 37.7 Å². The molecule has 3 N–H and O–H groups in total. The molecular weight excluding hydrogens is 752 g/mol. The van der Waals surface area contributed by atoms with Gasteiger partial charge in [-0.2, -0.15) is 30.9 Å². The number of H-pyrrole nitrogens is 1. The van der Waals surface area contributed by atoms with Crippen LogP contribution in [0.25, 0.3) is 27.5 Å². The number of nitrogens with one attached hydrogen (secondary N) is 3. The van der Waals surface area contributed by atoms with E-state index in [1.54, 1.807) is 21.8 Å². The van der Waals surface area contributed by atoms with Gasteiger partial charge in [-0.3, -0.25) is 14.5 Å². The molecule has 5 saturated carbocycles. The van der Waals surface area contributed by atoms with Crippen molar-refractivity contribution in [1.29, 1.82) is 10.5 Å². The van der Waals surface area contributed by atoms with Gasteiger partial charge in [0.1, 0.15) is 5.69 Å². The highest BCUT2D eigenvalue weighted by molar-refractivity contribution is 9.10. The van der Waals surface area contributed by atoms with Crippen molar-refractivity contribution in [2.45, 2.75) is 87.1 Å². The molecule has 2 aromatic carbocycles. The Morgan fingerprint density at radius 1 is 0.745 bits per heavy atom. The molecule has 13 heteroatoms. The lowest BCUT2D eigenvalue weighted by Crippen LogP contribution is -2.47. The molecule has 5 aliphatic rings. The van der Waals surface area contributed by atoms with Crippen LogP contribution < -0.4 is 10.6 Å². The number of aryl methyl sites for hydroxylation is 2. The summed E-state index contributed by atoms with van der Waals surface area (Å²) >= 11 is 3.25. The van der Waals surface area contributed by atoms with E-state index in [-0.39, 0.29) is 16.2 Å². The lowest BCUT2D eigenvalue weighted by molar-refractivity contribution is 0.309. The molecule has 12 nitrogen and oxygen atoms in total. The maximum atomic E-state index is 9.71. The Kier molecular flexibility index (Phi) is 9.69. The normalized spacial score (nSPS) is 25.7. The summed E-state index contributed by atoms with van der Waals surface area (Å²) in [6.07, 6.45) is 23.4. The van der Waals surface area contributed by atoms with E-state index in [0.717, 1.165) is 50.4 Å². The summed E-state index contributed by atoms with van der Waals surface area (Å²) in [5.74, 6) is 0. The number of hydrogen-bond acceptors (Lipinski definition) is 8. The Balaban J connectivity index is 0.000000113.